The van der Waals surface area contributed by atoms with Crippen LogP contribution in [-0.2, 0) is 14.3 Å². The number of Topliss-reactive ketones (excluding diaryl/α,β-unsaturated/α-hetero) is 1. The Balaban J connectivity index is 1.84. The number of carbonyl (C=O) groups is 2. The smallest absolute Gasteiger partial charge is 0.336 e. The number of nitro groups is 1. The maximum absolute atomic E-state index is 13.4. The third-order valence-electron chi connectivity index (χ3n) is 6.01. The Morgan fingerprint density at radius 2 is 1.88 bits per heavy atom. The fourth-order valence-corrected chi connectivity index (χ4v) is 4.70. The molecule has 0 spiro atoms. The molecule has 3 atom stereocenters. The zero-order chi connectivity index (χ0) is 23.0. The summed E-state index contributed by atoms with van der Waals surface area (Å²) >= 11 is 6.00. The predicted octanol–water partition coefficient (Wildman–Crippen LogP) is 4.64. The van der Waals surface area contributed by atoms with Gasteiger partial charge in [0.05, 0.1) is 23.5 Å². The van der Waals surface area contributed by atoms with E-state index in [1.54, 1.807) is 31.2 Å². The summed E-state index contributed by atoms with van der Waals surface area (Å²) in [6, 6.07) is 13.4. The molecule has 4 rings (SSSR count). The van der Waals surface area contributed by atoms with Crippen LogP contribution in [0.5, 0.6) is 0 Å². The lowest BCUT2D eigenvalue weighted by atomic mass is 9.68. The quantitative estimate of drug-likeness (QED) is 0.412. The van der Waals surface area contributed by atoms with Gasteiger partial charge in [-0.05, 0) is 30.2 Å². The van der Waals surface area contributed by atoms with Crippen molar-refractivity contribution in [3.8, 4) is 0 Å². The van der Waals surface area contributed by atoms with Crippen molar-refractivity contribution in [3.63, 3.8) is 0 Å². The minimum atomic E-state index is -0.687. The molecule has 0 fully saturated rings. The average Bonchev–Trinajstić information content (AvgIpc) is 2.78. The van der Waals surface area contributed by atoms with E-state index in [-0.39, 0.29) is 23.8 Å². The summed E-state index contributed by atoms with van der Waals surface area (Å²) in [5.41, 5.74) is 2.92. The first kappa shape index (κ1) is 21.8. The molecule has 7 nitrogen and oxygen atoms in total. The van der Waals surface area contributed by atoms with Gasteiger partial charge in [-0.1, -0.05) is 41.9 Å². The Labute approximate surface area is 189 Å². The van der Waals surface area contributed by atoms with Crippen LogP contribution in [0, 0.1) is 16.0 Å². The highest BCUT2D eigenvalue weighted by Gasteiger charge is 2.45. The largest absolute Gasteiger partial charge is 0.466 e. The Hall–Kier alpha value is -3.45. The van der Waals surface area contributed by atoms with Gasteiger partial charge in [0.2, 0.25) is 0 Å². The van der Waals surface area contributed by atoms with E-state index in [2.05, 4.69) is 5.32 Å². The summed E-state index contributed by atoms with van der Waals surface area (Å²) in [6.07, 6.45) is 2.24. The van der Waals surface area contributed by atoms with Gasteiger partial charge in [0.1, 0.15) is 5.78 Å². The van der Waals surface area contributed by atoms with Crippen molar-refractivity contribution in [1.82, 2.24) is 5.32 Å². The van der Waals surface area contributed by atoms with Gasteiger partial charge in [0.15, 0.2) is 0 Å². The average molecular weight is 453 g/mol. The molecule has 2 aliphatic rings. The second kappa shape index (κ2) is 8.59. The maximum atomic E-state index is 13.4. The van der Waals surface area contributed by atoms with E-state index in [1.165, 1.54) is 19.2 Å². The Morgan fingerprint density at radius 3 is 2.53 bits per heavy atom. The Bertz CT molecular complexity index is 1170. The molecule has 2 aromatic rings. The lowest BCUT2D eigenvalue weighted by molar-refractivity contribution is -0.384. The molecule has 1 aliphatic heterocycles. The molecule has 0 amide bonds. The number of hydrogen-bond donors (Lipinski definition) is 1. The number of fused-ring (bicyclic) bond motifs is 1. The number of halogens is 1. The van der Waals surface area contributed by atoms with E-state index in [1.807, 2.05) is 18.2 Å². The number of hydrogen-bond acceptors (Lipinski definition) is 6. The lowest BCUT2D eigenvalue weighted by Gasteiger charge is -2.39. The van der Waals surface area contributed by atoms with Gasteiger partial charge in [-0.15, -0.1) is 0 Å². The monoisotopic (exact) mass is 452 g/mol. The first-order chi connectivity index (χ1) is 15.3. The van der Waals surface area contributed by atoms with E-state index in [0.717, 1.165) is 5.56 Å². The number of esters is 1. The fourth-order valence-electron chi connectivity index (χ4n) is 4.57. The molecule has 1 heterocycles. The third kappa shape index (κ3) is 3.91. The first-order valence-corrected chi connectivity index (χ1v) is 10.5. The van der Waals surface area contributed by atoms with Crippen LogP contribution in [0.25, 0.3) is 0 Å². The lowest BCUT2D eigenvalue weighted by Crippen LogP contribution is -2.41. The fraction of sp³-hybridized carbons (Fsp3) is 0.250. The van der Waals surface area contributed by atoms with Gasteiger partial charge < -0.3 is 10.1 Å². The summed E-state index contributed by atoms with van der Waals surface area (Å²) in [6.45, 7) is 1.74. The van der Waals surface area contributed by atoms with Crippen molar-refractivity contribution >= 4 is 29.0 Å². The highest BCUT2D eigenvalue weighted by Crippen LogP contribution is 2.46. The molecule has 32 heavy (non-hydrogen) atoms. The van der Waals surface area contributed by atoms with Gasteiger partial charge in [-0.25, -0.2) is 4.79 Å². The molecule has 0 radical (unpaired) electrons. The third-order valence-corrected chi connectivity index (χ3v) is 6.26. The number of carbonyl (C=O) groups excluding carboxylic acids is 2. The van der Waals surface area contributed by atoms with Crippen LogP contribution in [-0.4, -0.2) is 23.8 Å². The van der Waals surface area contributed by atoms with E-state index < -0.39 is 22.7 Å². The van der Waals surface area contributed by atoms with Gasteiger partial charge >= 0.3 is 5.97 Å². The number of benzene rings is 2. The van der Waals surface area contributed by atoms with Crippen LogP contribution >= 0.6 is 11.6 Å². The number of nitrogens with one attached hydrogen (secondary N) is 1. The summed E-state index contributed by atoms with van der Waals surface area (Å²) in [4.78, 5) is 37.0. The van der Waals surface area contributed by atoms with Crippen molar-refractivity contribution < 1.29 is 19.2 Å². The van der Waals surface area contributed by atoms with Crippen molar-refractivity contribution in [1.29, 1.82) is 0 Å². The molecule has 0 saturated heterocycles. The van der Waals surface area contributed by atoms with Crippen molar-refractivity contribution in [3.05, 3.63) is 97.8 Å². The molecule has 1 aliphatic carbocycles. The minimum absolute atomic E-state index is 0.0552. The van der Waals surface area contributed by atoms with Gasteiger partial charge in [0.25, 0.3) is 5.69 Å². The molecule has 0 bridgehead atoms. The Kier molecular flexibility index (Phi) is 5.84. The molecule has 164 valence electrons. The van der Waals surface area contributed by atoms with Crippen molar-refractivity contribution in [2.75, 3.05) is 7.11 Å². The normalized spacial score (nSPS) is 22.5. The van der Waals surface area contributed by atoms with Gasteiger partial charge in [-0.2, -0.15) is 0 Å². The SMILES string of the molecule is COC(=O)C1=C(C)NC2=CC(c3ccc(Cl)cc3)CC(=O)C2C1c1cccc([N+](=O)[O-])c1. The Morgan fingerprint density at radius 1 is 1.16 bits per heavy atom. The van der Waals surface area contributed by atoms with Crippen LogP contribution in [0.3, 0.4) is 0 Å². The van der Waals surface area contributed by atoms with Crippen LogP contribution in [0.4, 0.5) is 5.69 Å². The van der Waals surface area contributed by atoms with Crippen LogP contribution in [0.15, 0.2) is 71.6 Å². The van der Waals surface area contributed by atoms with Crippen LogP contribution < -0.4 is 5.32 Å². The van der Waals surface area contributed by atoms with Crippen LogP contribution in [0.2, 0.25) is 5.02 Å². The molecule has 8 heteroatoms. The van der Waals surface area contributed by atoms with Crippen molar-refractivity contribution in [2.24, 2.45) is 5.92 Å². The number of allylic oxidation sites excluding steroid dienone is 3. The van der Waals surface area contributed by atoms with Gasteiger partial charge in [0, 0.05) is 46.8 Å². The molecule has 3 unspecified atom stereocenters. The van der Waals surface area contributed by atoms with E-state index >= 15 is 0 Å². The number of rotatable bonds is 4. The molecule has 1 N–H and O–H groups in total. The van der Waals surface area contributed by atoms with E-state index in [9.17, 15) is 19.7 Å². The first-order valence-electron chi connectivity index (χ1n) is 10.1. The highest BCUT2D eigenvalue weighted by molar-refractivity contribution is 6.30. The molecular formula is C24H21ClN2O5. The minimum Gasteiger partial charge on any atom is -0.466 e. The topological polar surface area (TPSA) is 98.5 Å². The maximum Gasteiger partial charge on any atom is 0.336 e. The van der Waals surface area contributed by atoms with E-state index in [0.29, 0.717) is 27.6 Å². The second-order valence-electron chi connectivity index (χ2n) is 7.91. The predicted molar refractivity (Wildman–Crippen MR) is 119 cm³/mol. The van der Waals surface area contributed by atoms with Crippen molar-refractivity contribution in [2.45, 2.75) is 25.2 Å². The summed E-state index contributed by atoms with van der Waals surface area (Å²) in [5.74, 6) is -2.12. The standard InChI is InChI=1S/C24H21ClN2O5/c1-13-21(24(29)32-2)22(15-4-3-5-18(10-15)27(30)31)23-19(26-13)11-16(12-20(23)28)14-6-8-17(25)9-7-14/h3-11,16,22-23,26H,12H2,1-2H3. The number of non-ortho nitro benzene ring substituents is 1. The van der Waals surface area contributed by atoms with Gasteiger partial charge in [-0.3, -0.25) is 14.9 Å². The second-order valence-corrected chi connectivity index (χ2v) is 8.35. The number of nitrogens with zero attached hydrogens (tertiary/aromatic N) is 1. The highest BCUT2D eigenvalue weighted by atomic mass is 35.5. The summed E-state index contributed by atoms with van der Waals surface area (Å²) in [7, 11) is 1.28. The number of methoxy groups -OCH3 is 1. The van der Waals surface area contributed by atoms with Crippen LogP contribution in [0.1, 0.15) is 36.3 Å². The summed E-state index contributed by atoms with van der Waals surface area (Å²) < 4.78 is 4.99. The number of nitro benzene ring substituents is 1. The molecule has 2 aromatic carbocycles. The molecule has 0 saturated carbocycles. The molecular weight excluding hydrogens is 432 g/mol. The number of ether oxygens (including phenoxy) is 1. The number of ketones is 1. The summed E-state index contributed by atoms with van der Waals surface area (Å²) in [5, 5.41) is 15.2. The zero-order valence-electron chi connectivity index (χ0n) is 17.5. The van der Waals surface area contributed by atoms with E-state index in [4.69, 9.17) is 16.3 Å². The zero-order valence-corrected chi connectivity index (χ0v) is 18.3. The molecule has 0 aromatic heterocycles.